The van der Waals surface area contributed by atoms with E-state index in [1.807, 2.05) is 0 Å². The van der Waals surface area contributed by atoms with Crippen LogP contribution in [-0.4, -0.2) is 11.9 Å². The summed E-state index contributed by atoms with van der Waals surface area (Å²) in [4.78, 5) is 23.9. The fourth-order valence-corrected chi connectivity index (χ4v) is 7.06. The van der Waals surface area contributed by atoms with Crippen LogP contribution in [0.15, 0.2) is 0 Å². The van der Waals surface area contributed by atoms with Gasteiger partial charge in [0.05, 0.1) is 0 Å². The predicted molar refractivity (Wildman–Crippen MR) is 166 cm³/mol. The van der Waals surface area contributed by atoms with Gasteiger partial charge in [0.15, 0.2) is 0 Å². The minimum absolute atomic E-state index is 0.318. The molecule has 228 valence electrons. The molecule has 0 unspecified atom stereocenters. The summed E-state index contributed by atoms with van der Waals surface area (Å²) in [6, 6.07) is 0. The molecule has 0 saturated heterocycles. The molecule has 2 aliphatic carbocycles. The van der Waals surface area contributed by atoms with Gasteiger partial charge in [0.2, 0.25) is 0 Å². The first-order valence-corrected chi connectivity index (χ1v) is 18.0. The normalized spacial score (nSPS) is 16.9. The summed E-state index contributed by atoms with van der Waals surface area (Å²) in [5.74, 6) is 1.44. The number of carbonyl (C=O) groups is 2. The molecule has 0 aliphatic heterocycles. The van der Waals surface area contributed by atoms with E-state index in [4.69, 9.17) is 4.74 Å². The molecule has 0 aromatic heterocycles. The number of hydrogen-bond donors (Lipinski definition) is 0. The Hall–Kier alpha value is -0.860. The number of ether oxygens (including phenoxy) is 1. The minimum atomic E-state index is -0.318. The van der Waals surface area contributed by atoms with Crippen LogP contribution < -0.4 is 0 Å². The van der Waals surface area contributed by atoms with Gasteiger partial charge >= 0.3 is 11.9 Å². The van der Waals surface area contributed by atoms with E-state index >= 15 is 0 Å². The highest BCUT2D eigenvalue weighted by Gasteiger charge is 2.13. The van der Waals surface area contributed by atoms with Crippen molar-refractivity contribution in [2.75, 3.05) is 0 Å². The zero-order valence-electron chi connectivity index (χ0n) is 26.0. The van der Waals surface area contributed by atoms with Crippen LogP contribution in [0.1, 0.15) is 205 Å². The molecule has 0 N–H and O–H groups in total. The highest BCUT2D eigenvalue weighted by Crippen LogP contribution is 2.29. The summed E-state index contributed by atoms with van der Waals surface area (Å²) in [6.07, 6.45) is 41.2. The molecule has 2 saturated carbocycles. The minimum Gasteiger partial charge on any atom is -0.393 e. The SMILES string of the molecule is O=C(CCCCCCCCCCCC1CCCCC1)OC(=O)CCCCCCCCCCCC1CCCCC1. The zero-order valence-corrected chi connectivity index (χ0v) is 26.0. The topological polar surface area (TPSA) is 43.4 Å². The fourth-order valence-electron chi connectivity index (χ4n) is 7.06. The standard InChI is InChI=1S/C36H66O3/c37-35(31-23-13-9-5-1-3-7-11-17-25-33-27-19-15-20-28-33)39-36(38)32-24-14-10-6-2-4-8-12-18-26-34-29-21-16-22-30-34/h33-34H,1-32H2. The zero-order chi connectivity index (χ0) is 27.6. The van der Waals surface area contributed by atoms with E-state index in [1.165, 1.54) is 167 Å². The van der Waals surface area contributed by atoms with Crippen LogP contribution in [0.5, 0.6) is 0 Å². The third-order valence-electron chi connectivity index (χ3n) is 9.66. The molecule has 0 aromatic rings. The first-order valence-electron chi connectivity index (χ1n) is 18.0. The highest BCUT2D eigenvalue weighted by atomic mass is 16.6. The Morgan fingerprint density at radius 3 is 1.00 bits per heavy atom. The molecule has 0 amide bonds. The van der Waals surface area contributed by atoms with Gasteiger partial charge in [-0.25, -0.2) is 0 Å². The molecule has 0 spiro atoms. The Kier molecular flexibility index (Phi) is 21.9. The second-order valence-corrected chi connectivity index (χ2v) is 13.3. The Labute approximate surface area is 243 Å². The van der Waals surface area contributed by atoms with Crippen molar-refractivity contribution in [3.05, 3.63) is 0 Å². The van der Waals surface area contributed by atoms with E-state index in [1.54, 1.807) is 0 Å². The quantitative estimate of drug-likeness (QED) is 0.0686. The highest BCUT2D eigenvalue weighted by molar-refractivity contribution is 5.85. The van der Waals surface area contributed by atoms with Crippen LogP contribution in [0, 0.1) is 11.8 Å². The van der Waals surface area contributed by atoms with Gasteiger partial charge in [0.1, 0.15) is 0 Å². The van der Waals surface area contributed by atoms with Crippen LogP contribution in [0.3, 0.4) is 0 Å². The molecular weight excluding hydrogens is 480 g/mol. The van der Waals surface area contributed by atoms with E-state index in [0.29, 0.717) is 12.8 Å². The molecule has 0 bridgehead atoms. The van der Waals surface area contributed by atoms with Crippen molar-refractivity contribution in [2.24, 2.45) is 11.8 Å². The first-order chi connectivity index (χ1) is 19.2. The third-order valence-corrected chi connectivity index (χ3v) is 9.66. The first kappa shape index (κ1) is 34.3. The number of hydrogen-bond acceptors (Lipinski definition) is 3. The van der Waals surface area contributed by atoms with Gasteiger partial charge in [-0.15, -0.1) is 0 Å². The van der Waals surface area contributed by atoms with Gasteiger partial charge in [0.25, 0.3) is 0 Å². The molecule has 0 aromatic carbocycles. The van der Waals surface area contributed by atoms with Crippen molar-refractivity contribution in [3.8, 4) is 0 Å². The molecule has 0 atom stereocenters. The van der Waals surface area contributed by atoms with Gasteiger partial charge in [-0.05, 0) is 24.7 Å². The lowest BCUT2D eigenvalue weighted by atomic mass is 9.85. The Balaban J connectivity index is 1.24. The largest absolute Gasteiger partial charge is 0.393 e. The third kappa shape index (κ3) is 20.6. The summed E-state index contributed by atoms with van der Waals surface area (Å²) in [7, 11) is 0. The molecule has 39 heavy (non-hydrogen) atoms. The molecular formula is C36H66O3. The Morgan fingerprint density at radius 1 is 0.385 bits per heavy atom. The van der Waals surface area contributed by atoms with Crippen LogP contribution in [0.25, 0.3) is 0 Å². The molecule has 3 heteroatoms. The number of carbonyl (C=O) groups excluding carboxylic acids is 2. The average molecular weight is 547 g/mol. The maximum Gasteiger partial charge on any atom is 0.313 e. The monoisotopic (exact) mass is 547 g/mol. The second-order valence-electron chi connectivity index (χ2n) is 13.3. The van der Waals surface area contributed by atoms with Gasteiger partial charge in [-0.3, -0.25) is 9.59 Å². The van der Waals surface area contributed by atoms with Crippen LogP contribution in [0.4, 0.5) is 0 Å². The molecule has 2 rings (SSSR count). The molecule has 2 aliphatic rings. The summed E-state index contributed by atoms with van der Waals surface area (Å²) >= 11 is 0. The number of unbranched alkanes of at least 4 members (excludes halogenated alkanes) is 16. The summed E-state index contributed by atoms with van der Waals surface area (Å²) < 4.78 is 5.03. The van der Waals surface area contributed by atoms with Crippen molar-refractivity contribution in [1.82, 2.24) is 0 Å². The summed E-state index contributed by atoms with van der Waals surface area (Å²) in [6.45, 7) is 0. The van der Waals surface area contributed by atoms with Crippen LogP contribution in [0.2, 0.25) is 0 Å². The van der Waals surface area contributed by atoms with Crippen LogP contribution >= 0.6 is 0 Å². The average Bonchev–Trinajstić information content (AvgIpc) is 2.95. The van der Waals surface area contributed by atoms with Crippen LogP contribution in [-0.2, 0) is 14.3 Å². The smallest absolute Gasteiger partial charge is 0.313 e. The van der Waals surface area contributed by atoms with Crippen molar-refractivity contribution in [2.45, 2.75) is 205 Å². The Bertz CT molecular complexity index is 524. The lowest BCUT2D eigenvalue weighted by Crippen LogP contribution is -2.11. The van der Waals surface area contributed by atoms with E-state index in [0.717, 1.165) is 37.5 Å². The molecule has 3 nitrogen and oxygen atoms in total. The maximum absolute atomic E-state index is 11.9. The van der Waals surface area contributed by atoms with Gasteiger partial charge in [0, 0.05) is 12.8 Å². The van der Waals surface area contributed by atoms with Gasteiger partial charge in [-0.2, -0.15) is 0 Å². The number of esters is 2. The molecule has 0 radical (unpaired) electrons. The molecule has 2 fully saturated rings. The van der Waals surface area contributed by atoms with Gasteiger partial charge < -0.3 is 4.74 Å². The Morgan fingerprint density at radius 2 is 0.667 bits per heavy atom. The van der Waals surface area contributed by atoms with E-state index in [9.17, 15) is 9.59 Å². The number of rotatable bonds is 24. The van der Waals surface area contributed by atoms with Crippen molar-refractivity contribution in [1.29, 1.82) is 0 Å². The van der Waals surface area contributed by atoms with Gasteiger partial charge in [-0.1, -0.05) is 180 Å². The van der Waals surface area contributed by atoms with E-state index < -0.39 is 0 Å². The van der Waals surface area contributed by atoms with Crippen molar-refractivity contribution >= 4 is 11.9 Å². The maximum atomic E-state index is 11.9. The van der Waals surface area contributed by atoms with Crippen molar-refractivity contribution < 1.29 is 14.3 Å². The fraction of sp³-hybridized carbons (Fsp3) is 0.944. The molecule has 0 heterocycles. The van der Waals surface area contributed by atoms with E-state index in [-0.39, 0.29) is 11.9 Å². The summed E-state index contributed by atoms with van der Waals surface area (Å²) in [5.41, 5.74) is 0. The van der Waals surface area contributed by atoms with E-state index in [2.05, 4.69) is 0 Å². The second kappa shape index (κ2) is 24.9. The summed E-state index contributed by atoms with van der Waals surface area (Å²) in [5, 5.41) is 0. The van der Waals surface area contributed by atoms with Crippen molar-refractivity contribution in [3.63, 3.8) is 0 Å². The lowest BCUT2D eigenvalue weighted by molar-refractivity contribution is -0.159. The predicted octanol–water partition coefficient (Wildman–Crippen LogP) is 11.8. The lowest BCUT2D eigenvalue weighted by Gasteiger charge is -2.21.